The van der Waals surface area contributed by atoms with E-state index in [0.717, 1.165) is 29.9 Å². The van der Waals surface area contributed by atoms with Crippen molar-refractivity contribution in [3.8, 4) is 17.6 Å². The minimum atomic E-state index is -0.228. The summed E-state index contributed by atoms with van der Waals surface area (Å²) in [5, 5.41) is 11.7. The summed E-state index contributed by atoms with van der Waals surface area (Å²) in [4.78, 5) is 14.9. The molecule has 6 nitrogen and oxygen atoms in total. The van der Waals surface area contributed by atoms with Crippen LogP contribution in [0.15, 0.2) is 72.8 Å². The van der Waals surface area contributed by atoms with E-state index in [1.165, 1.54) is 24.4 Å². The number of hydrogen-bond donors (Lipinski definition) is 1. The van der Waals surface area contributed by atoms with Gasteiger partial charge in [0.2, 0.25) is 5.91 Å². The second-order valence-corrected chi connectivity index (χ2v) is 7.23. The second-order valence-electron chi connectivity index (χ2n) is 7.23. The van der Waals surface area contributed by atoms with Crippen LogP contribution in [0.4, 0.5) is 17.1 Å². The van der Waals surface area contributed by atoms with Gasteiger partial charge in [-0.3, -0.25) is 4.79 Å². The van der Waals surface area contributed by atoms with Crippen molar-refractivity contribution in [3.63, 3.8) is 0 Å². The molecule has 0 aromatic heterocycles. The molecule has 0 unspecified atom stereocenters. The molecule has 4 rings (SSSR count). The zero-order chi connectivity index (χ0) is 22.3. The lowest BCUT2D eigenvalue weighted by molar-refractivity contribution is -0.111. The normalized spacial score (nSPS) is 12.3. The molecule has 3 aromatic rings. The molecule has 1 heterocycles. The van der Waals surface area contributed by atoms with Crippen LogP contribution in [0.1, 0.15) is 11.1 Å². The van der Waals surface area contributed by atoms with Gasteiger partial charge in [0.25, 0.3) is 0 Å². The highest BCUT2D eigenvalue weighted by molar-refractivity contribution is 6.04. The molecule has 3 aromatic carbocycles. The van der Waals surface area contributed by atoms with Gasteiger partial charge >= 0.3 is 0 Å². The van der Waals surface area contributed by atoms with Gasteiger partial charge in [-0.15, -0.1) is 0 Å². The van der Waals surface area contributed by atoms with E-state index in [4.69, 9.17) is 14.7 Å². The Morgan fingerprint density at radius 1 is 1.09 bits per heavy atom. The number of nitrogens with zero attached hydrogens (tertiary/aromatic N) is 2. The molecular formula is C26H23N3O3. The molecule has 0 aliphatic carbocycles. The van der Waals surface area contributed by atoms with Gasteiger partial charge in [-0.1, -0.05) is 36.4 Å². The highest BCUT2D eigenvalue weighted by Crippen LogP contribution is 2.38. The molecule has 0 radical (unpaired) electrons. The van der Waals surface area contributed by atoms with Crippen LogP contribution < -0.4 is 19.7 Å². The summed E-state index contributed by atoms with van der Waals surface area (Å²) in [6.07, 6.45) is 4.17. The maximum atomic E-state index is 12.7. The molecule has 1 aliphatic rings. The quantitative estimate of drug-likeness (QED) is 0.543. The summed E-state index contributed by atoms with van der Waals surface area (Å²) in [7, 11) is 1.53. The SMILES string of the molecule is COc1cc(/C=C/C(=O)Nc2ccccc2N2CCc3ccccc32)ccc1OCC#N. The number of benzene rings is 3. The molecule has 0 spiro atoms. The standard InChI is InChI=1S/C26H23N3O3/c1-31-25-18-19(10-12-24(25)32-17-15-27)11-13-26(30)28-21-7-3-5-9-23(21)29-16-14-20-6-2-4-8-22(20)29/h2-13,18H,14,16-17H2,1H3,(H,28,30)/b13-11+. The monoisotopic (exact) mass is 425 g/mol. The third-order valence-corrected chi connectivity index (χ3v) is 5.25. The van der Waals surface area contributed by atoms with Crippen LogP contribution in [0.5, 0.6) is 11.5 Å². The van der Waals surface area contributed by atoms with E-state index in [-0.39, 0.29) is 12.5 Å². The predicted octanol–water partition coefficient (Wildman–Crippen LogP) is 4.94. The number of amides is 1. The first-order chi connectivity index (χ1) is 15.7. The minimum absolute atomic E-state index is 0.0607. The molecule has 6 heteroatoms. The Morgan fingerprint density at radius 3 is 2.69 bits per heavy atom. The summed E-state index contributed by atoms with van der Waals surface area (Å²) >= 11 is 0. The third kappa shape index (κ3) is 4.57. The van der Waals surface area contributed by atoms with E-state index in [0.29, 0.717) is 11.5 Å². The topological polar surface area (TPSA) is 74.6 Å². The van der Waals surface area contributed by atoms with E-state index in [9.17, 15) is 4.79 Å². The van der Waals surface area contributed by atoms with E-state index in [1.807, 2.05) is 36.4 Å². The molecule has 160 valence electrons. The first-order valence-electron chi connectivity index (χ1n) is 10.3. The van der Waals surface area contributed by atoms with Crippen LogP contribution in [0.25, 0.3) is 6.08 Å². The number of carbonyl (C=O) groups excluding carboxylic acids is 1. The van der Waals surface area contributed by atoms with Crippen LogP contribution in [0.2, 0.25) is 0 Å². The third-order valence-electron chi connectivity index (χ3n) is 5.25. The Hall–Kier alpha value is -4.24. The van der Waals surface area contributed by atoms with E-state index < -0.39 is 0 Å². The fourth-order valence-corrected chi connectivity index (χ4v) is 3.77. The van der Waals surface area contributed by atoms with E-state index in [1.54, 1.807) is 24.3 Å². The van der Waals surface area contributed by atoms with Crippen molar-refractivity contribution < 1.29 is 14.3 Å². The lowest BCUT2D eigenvalue weighted by Gasteiger charge is -2.22. The Bertz CT molecular complexity index is 1200. The number of methoxy groups -OCH3 is 1. The Labute approximate surface area is 187 Å². The molecule has 0 saturated carbocycles. The summed E-state index contributed by atoms with van der Waals surface area (Å²) in [6, 6.07) is 23.4. The molecule has 0 atom stereocenters. The average molecular weight is 425 g/mol. The Morgan fingerprint density at radius 2 is 1.88 bits per heavy atom. The first-order valence-corrected chi connectivity index (χ1v) is 10.3. The molecule has 1 N–H and O–H groups in total. The molecular weight excluding hydrogens is 402 g/mol. The number of nitriles is 1. The Balaban J connectivity index is 1.49. The zero-order valence-corrected chi connectivity index (χ0v) is 17.7. The van der Waals surface area contributed by atoms with Crippen molar-refractivity contribution in [2.24, 2.45) is 0 Å². The van der Waals surface area contributed by atoms with Gasteiger partial charge in [-0.2, -0.15) is 5.26 Å². The maximum absolute atomic E-state index is 12.7. The van der Waals surface area contributed by atoms with Gasteiger partial charge < -0.3 is 19.7 Å². The summed E-state index contributed by atoms with van der Waals surface area (Å²) < 4.78 is 10.6. The Kier molecular flexibility index (Phi) is 6.38. The van der Waals surface area contributed by atoms with Crippen molar-refractivity contribution in [1.29, 1.82) is 5.26 Å². The summed E-state index contributed by atoms with van der Waals surface area (Å²) in [5.41, 5.74) is 5.00. The zero-order valence-electron chi connectivity index (χ0n) is 17.7. The number of rotatable bonds is 7. The number of nitrogens with one attached hydrogen (secondary N) is 1. The smallest absolute Gasteiger partial charge is 0.248 e. The van der Waals surface area contributed by atoms with Crippen molar-refractivity contribution in [1.82, 2.24) is 0 Å². The van der Waals surface area contributed by atoms with Crippen molar-refractivity contribution in [2.45, 2.75) is 6.42 Å². The first kappa shape index (κ1) is 21.0. The number of para-hydroxylation sites is 3. The van der Waals surface area contributed by atoms with Crippen LogP contribution in [-0.4, -0.2) is 26.2 Å². The van der Waals surface area contributed by atoms with Crippen molar-refractivity contribution >= 4 is 29.0 Å². The fourth-order valence-electron chi connectivity index (χ4n) is 3.77. The van der Waals surface area contributed by atoms with E-state index in [2.05, 4.69) is 28.4 Å². The van der Waals surface area contributed by atoms with Gasteiger partial charge in [0.05, 0.1) is 18.5 Å². The highest BCUT2D eigenvalue weighted by Gasteiger charge is 2.22. The maximum Gasteiger partial charge on any atom is 0.248 e. The van der Waals surface area contributed by atoms with Crippen LogP contribution >= 0.6 is 0 Å². The molecule has 32 heavy (non-hydrogen) atoms. The molecule has 0 saturated heterocycles. The van der Waals surface area contributed by atoms with E-state index >= 15 is 0 Å². The molecule has 1 aliphatic heterocycles. The lowest BCUT2D eigenvalue weighted by atomic mass is 10.1. The molecule has 0 fully saturated rings. The number of carbonyl (C=O) groups is 1. The number of hydrogen-bond acceptors (Lipinski definition) is 5. The number of fused-ring (bicyclic) bond motifs is 1. The fraction of sp³-hybridized carbons (Fsp3) is 0.154. The van der Waals surface area contributed by atoms with Crippen LogP contribution in [0.3, 0.4) is 0 Å². The number of ether oxygens (including phenoxy) is 2. The van der Waals surface area contributed by atoms with Gasteiger partial charge in [-0.25, -0.2) is 0 Å². The average Bonchev–Trinajstić information content (AvgIpc) is 3.26. The highest BCUT2D eigenvalue weighted by atomic mass is 16.5. The van der Waals surface area contributed by atoms with Crippen molar-refractivity contribution in [2.75, 3.05) is 30.5 Å². The summed E-state index contributed by atoms with van der Waals surface area (Å²) in [6.45, 7) is 0.816. The lowest BCUT2D eigenvalue weighted by Crippen LogP contribution is -2.17. The van der Waals surface area contributed by atoms with Gasteiger partial charge in [0.1, 0.15) is 6.07 Å². The van der Waals surface area contributed by atoms with Crippen LogP contribution in [0, 0.1) is 11.3 Å². The second kappa shape index (κ2) is 9.71. The minimum Gasteiger partial charge on any atom is -0.493 e. The van der Waals surface area contributed by atoms with Crippen LogP contribution in [-0.2, 0) is 11.2 Å². The molecule has 1 amide bonds. The number of anilines is 3. The van der Waals surface area contributed by atoms with Gasteiger partial charge in [-0.05, 0) is 54.0 Å². The predicted molar refractivity (Wildman–Crippen MR) is 125 cm³/mol. The van der Waals surface area contributed by atoms with Gasteiger partial charge in [0, 0.05) is 18.3 Å². The summed E-state index contributed by atoms with van der Waals surface area (Å²) in [5.74, 6) is 0.755. The molecule has 0 bridgehead atoms. The van der Waals surface area contributed by atoms with Gasteiger partial charge in [0.15, 0.2) is 18.1 Å². The van der Waals surface area contributed by atoms with Crippen molar-refractivity contribution in [3.05, 3.63) is 83.9 Å². The largest absolute Gasteiger partial charge is 0.493 e.